The summed E-state index contributed by atoms with van der Waals surface area (Å²) >= 11 is 0. The van der Waals surface area contributed by atoms with E-state index in [1.54, 1.807) is 0 Å². The van der Waals surface area contributed by atoms with Gasteiger partial charge in [-0.3, -0.25) is 19.8 Å². The van der Waals surface area contributed by atoms with Gasteiger partial charge in [0.15, 0.2) is 5.69 Å². The van der Waals surface area contributed by atoms with Crippen LogP contribution in [-0.4, -0.2) is 45.1 Å². The van der Waals surface area contributed by atoms with E-state index in [-0.39, 0.29) is 11.9 Å². The molecule has 6 nitrogen and oxygen atoms in total. The number of nitrogens with one attached hydrogen (secondary N) is 2. The highest BCUT2D eigenvalue weighted by molar-refractivity contribution is 6.05. The van der Waals surface area contributed by atoms with Crippen molar-refractivity contribution in [2.45, 2.75) is 44.2 Å². The molecule has 34 heavy (non-hydrogen) atoms. The predicted molar refractivity (Wildman–Crippen MR) is 134 cm³/mol. The van der Waals surface area contributed by atoms with E-state index in [1.807, 2.05) is 36.7 Å². The van der Waals surface area contributed by atoms with Crippen LogP contribution in [0.2, 0.25) is 0 Å². The van der Waals surface area contributed by atoms with Crippen molar-refractivity contribution in [2.75, 3.05) is 13.1 Å². The quantitative estimate of drug-likeness (QED) is 0.437. The zero-order valence-electron chi connectivity index (χ0n) is 19.2. The number of aromatic nitrogens is 3. The Labute approximate surface area is 199 Å². The summed E-state index contributed by atoms with van der Waals surface area (Å²) in [5.41, 5.74) is 5.93. The summed E-state index contributed by atoms with van der Waals surface area (Å²) in [6, 6.07) is 18.9. The molecule has 3 heterocycles. The van der Waals surface area contributed by atoms with Gasteiger partial charge in [0, 0.05) is 41.8 Å². The molecule has 1 saturated heterocycles. The van der Waals surface area contributed by atoms with E-state index in [1.165, 1.54) is 30.4 Å². The molecule has 2 atom stereocenters. The normalized spacial score (nSPS) is 20.4. The van der Waals surface area contributed by atoms with Gasteiger partial charge in [-0.2, -0.15) is 5.10 Å². The molecule has 2 aromatic heterocycles. The SMILES string of the molecule is O=C(NC1CC1c1ccccc1)c1n[nH]c2ccc(-c3cncc(CN4CCCCC4)c3)cc12. The van der Waals surface area contributed by atoms with Crippen molar-refractivity contribution in [3.05, 3.63) is 83.8 Å². The van der Waals surface area contributed by atoms with Gasteiger partial charge in [-0.15, -0.1) is 0 Å². The number of carbonyl (C=O) groups is 1. The molecule has 2 aliphatic rings. The van der Waals surface area contributed by atoms with Crippen LogP contribution in [0, 0.1) is 0 Å². The van der Waals surface area contributed by atoms with Crippen LogP contribution in [-0.2, 0) is 6.54 Å². The summed E-state index contributed by atoms with van der Waals surface area (Å²) in [6.07, 6.45) is 8.73. The van der Waals surface area contributed by atoms with Gasteiger partial charge in [-0.25, -0.2) is 0 Å². The molecule has 0 bridgehead atoms. The highest BCUT2D eigenvalue weighted by atomic mass is 16.2. The molecule has 2 aromatic carbocycles. The van der Waals surface area contributed by atoms with Gasteiger partial charge < -0.3 is 5.32 Å². The number of hydrogen-bond acceptors (Lipinski definition) is 4. The van der Waals surface area contributed by atoms with E-state index < -0.39 is 0 Å². The number of benzene rings is 2. The third-order valence-electron chi connectivity index (χ3n) is 7.10. The molecule has 1 aliphatic heterocycles. The van der Waals surface area contributed by atoms with Gasteiger partial charge >= 0.3 is 0 Å². The van der Waals surface area contributed by atoms with E-state index in [9.17, 15) is 4.79 Å². The average molecular weight is 452 g/mol. The summed E-state index contributed by atoms with van der Waals surface area (Å²) < 4.78 is 0. The van der Waals surface area contributed by atoms with E-state index in [0.717, 1.165) is 48.1 Å². The molecule has 6 rings (SSSR count). The first-order valence-electron chi connectivity index (χ1n) is 12.3. The molecule has 1 aliphatic carbocycles. The number of aromatic amines is 1. The van der Waals surface area contributed by atoms with Gasteiger partial charge in [0.25, 0.3) is 5.91 Å². The number of fused-ring (bicyclic) bond motifs is 1. The van der Waals surface area contributed by atoms with E-state index >= 15 is 0 Å². The Kier molecular flexibility index (Phi) is 5.59. The predicted octanol–water partition coefficient (Wildman–Crippen LogP) is 4.90. The van der Waals surface area contributed by atoms with Crippen LogP contribution >= 0.6 is 0 Å². The number of hydrogen-bond donors (Lipinski definition) is 2. The van der Waals surface area contributed by atoms with Gasteiger partial charge in [0.1, 0.15) is 0 Å². The van der Waals surface area contributed by atoms with E-state index in [2.05, 4.69) is 55.7 Å². The fourth-order valence-electron chi connectivity index (χ4n) is 5.13. The molecule has 1 saturated carbocycles. The van der Waals surface area contributed by atoms with Crippen LogP contribution in [0.15, 0.2) is 67.0 Å². The van der Waals surface area contributed by atoms with Crippen LogP contribution in [0.3, 0.4) is 0 Å². The number of pyridine rings is 1. The first kappa shape index (κ1) is 21.1. The number of H-pyrrole nitrogens is 1. The maximum atomic E-state index is 13.1. The lowest BCUT2D eigenvalue weighted by molar-refractivity contribution is 0.0947. The first-order valence-corrected chi connectivity index (χ1v) is 12.3. The summed E-state index contributed by atoms with van der Waals surface area (Å²) in [4.78, 5) is 20.1. The Bertz CT molecular complexity index is 1310. The summed E-state index contributed by atoms with van der Waals surface area (Å²) in [7, 11) is 0. The second kappa shape index (κ2) is 9.03. The first-order chi connectivity index (χ1) is 16.7. The number of piperidine rings is 1. The second-order valence-corrected chi connectivity index (χ2v) is 9.58. The van der Waals surface area contributed by atoms with Crippen molar-refractivity contribution in [3.63, 3.8) is 0 Å². The third-order valence-corrected chi connectivity index (χ3v) is 7.10. The zero-order valence-corrected chi connectivity index (χ0v) is 19.2. The third kappa shape index (κ3) is 4.33. The summed E-state index contributed by atoms with van der Waals surface area (Å²) in [5.74, 6) is 0.267. The molecule has 2 fully saturated rings. The minimum Gasteiger partial charge on any atom is -0.347 e. The Hall–Kier alpha value is -3.51. The molecular formula is C28H29N5O. The van der Waals surface area contributed by atoms with Crippen molar-refractivity contribution >= 4 is 16.8 Å². The van der Waals surface area contributed by atoms with Crippen molar-refractivity contribution in [1.29, 1.82) is 0 Å². The van der Waals surface area contributed by atoms with Crippen LogP contribution < -0.4 is 5.32 Å². The lowest BCUT2D eigenvalue weighted by Crippen LogP contribution is -2.29. The monoisotopic (exact) mass is 451 g/mol. The van der Waals surface area contributed by atoms with Crippen molar-refractivity contribution < 1.29 is 4.79 Å². The minimum absolute atomic E-state index is 0.121. The molecule has 2 unspecified atom stereocenters. The molecule has 2 N–H and O–H groups in total. The van der Waals surface area contributed by atoms with Crippen molar-refractivity contribution in [1.82, 2.24) is 25.4 Å². The number of rotatable bonds is 6. The lowest BCUT2D eigenvalue weighted by atomic mass is 10.0. The molecule has 0 radical (unpaired) electrons. The van der Waals surface area contributed by atoms with E-state index in [0.29, 0.717) is 11.6 Å². The zero-order chi connectivity index (χ0) is 22.9. The number of carbonyl (C=O) groups excluding carboxylic acids is 1. The molecule has 4 aromatic rings. The molecule has 172 valence electrons. The number of amides is 1. The maximum absolute atomic E-state index is 13.1. The minimum atomic E-state index is -0.121. The van der Waals surface area contributed by atoms with Gasteiger partial charge in [0.2, 0.25) is 0 Å². The van der Waals surface area contributed by atoms with Gasteiger partial charge in [-0.1, -0.05) is 42.8 Å². The Morgan fingerprint density at radius 3 is 2.71 bits per heavy atom. The molecule has 6 heteroatoms. The van der Waals surface area contributed by atoms with Crippen LogP contribution in [0.1, 0.15) is 53.2 Å². The lowest BCUT2D eigenvalue weighted by Gasteiger charge is -2.26. The van der Waals surface area contributed by atoms with Crippen LogP contribution in [0.5, 0.6) is 0 Å². The highest BCUT2D eigenvalue weighted by Crippen LogP contribution is 2.40. The Morgan fingerprint density at radius 1 is 1.00 bits per heavy atom. The van der Waals surface area contributed by atoms with Crippen LogP contribution in [0.4, 0.5) is 0 Å². The number of nitrogens with zero attached hydrogens (tertiary/aromatic N) is 3. The van der Waals surface area contributed by atoms with Crippen molar-refractivity contribution in [2.24, 2.45) is 0 Å². The topological polar surface area (TPSA) is 73.9 Å². The van der Waals surface area contributed by atoms with Crippen molar-refractivity contribution in [3.8, 4) is 11.1 Å². The van der Waals surface area contributed by atoms with Crippen LogP contribution in [0.25, 0.3) is 22.0 Å². The maximum Gasteiger partial charge on any atom is 0.272 e. The van der Waals surface area contributed by atoms with E-state index in [4.69, 9.17) is 0 Å². The smallest absolute Gasteiger partial charge is 0.272 e. The largest absolute Gasteiger partial charge is 0.347 e. The molecule has 0 spiro atoms. The Morgan fingerprint density at radius 2 is 1.85 bits per heavy atom. The standard InChI is InChI=1S/C28H29N5O/c34-28(30-26-15-23(26)20-7-3-1-4-8-20)27-24-14-21(9-10-25(24)31-32-27)22-13-19(16-29-17-22)18-33-11-5-2-6-12-33/h1,3-4,7-10,13-14,16-17,23,26H,2,5-6,11-12,15,18H2,(H,30,34)(H,31,32). The average Bonchev–Trinajstić information content (AvgIpc) is 3.51. The Balaban J connectivity index is 1.20. The fourth-order valence-corrected chi connectivity index (χ4v) is 5.13. The fraction of sp³-hybridized carbons (Fsp3) is 0.321. The molecule has 1 amide bonds. The number of likely N-dealkylation sites (tertiary alicyclic amines) is 1. The van der Waals surface area contributed by atoms with Gasteiger partial charge in [0.05, 0.1) is 5.52 Å². The molecular weight excluding hydrogens is 422 g/mol. The second-order valence-electron chi connectivity index (χ2n) is 9.58. The summed E-state index contributed by atoms with van der Waals surface area (Å²) in [5, 5.41) is 11.4. The highest BCUT2D eigenvalue weighted by Gasteiger charge is 2.39. The summed E-state index contributed by atoms with van der Waals surface area (Å²) in [6.45, 7) is 3.26. The van der Waals surface area contributed by atoms with Gasteiger partial charge in [-0.05, 0) is 67.2 Å².